The van der Waals surface area contributed by atoms with Gasteiger partial charge in [-0.25, -0.2) is 14.2 Å². The largest absolute Gasteiger partial charge is 0.490 e. The van der Waals surface area contributed by atoms with Crippen LogP contribution in [0.25, 0.3) is 28.2 Å². The standard InChI is InChI=1S/C36H37FN4O5/c1-5-8-33-31(19-25-12-11-24(20-32(25)37)29-9-6-7-10-30(29)34-39-36(43)46-40-34)35(42)41(23(4)38-33)26-13-15-27(16-14-26)45-28-17-21(2)44-22(3)18-28/h6-7,9-16,20-22,28H,5,8,17-19H2,1-4H3,(H,39,40,43)/t21-,22+,28?. The molecule has 3 heterocycles. The van der Waals surface area contributed by atoms with E-state index in [9.17, 15) is 9.59 Å². The molecule has 46 heavy (non-hydrogen) atoms. The number of ether oxygens (including phenoxy) is 2. The van der Waals surface area contributed by atoms with Crippen molar-refractivity contribution in [2.75, 3.05) is 0 Å². The van der Waals surface area contributed by atoms with Gasteiger partial charge >= 0.3 is 5.76 Å². The zero-order valence-corrected chi connectivity index (χ0v) is 26.4. The number of benzene rings is 3. The van der Waals surface area contributed by atoms with Gasteiger partial charge in [0, 0.05) is 30.4 Å². The van der Waals surface area contributed by atoms with Crippen LogP contribution in [0.3, 0.4) is 0 Å². The topological polar surface area (TPSA) is 112 Å². The lowest BCUT2D eigenvalue weighted by Crippen LogP contribution is -2.35. The number of nitrogens with one attached hydrogen (secondary N) is 1. The summed E-state index contributed by atoms with van der Waals surface area (Å²) in [6.07, 6.45) is 3.48. The Balaban J connectivity index is 1.30. The fourth-order valence-corrected chi connectivity index (χ4v) is 6.29. The van der Waals surface area contributed by atoms with Crippen LogP contribution >= 0.6 is 0 Å². The minimum absolute atomic E-state index is 0.0665. The van der Waals surface area contributed by atoms with Crippen molar-refractivity contribution < 1.29 is 18.4 Å². The number of aryl methyl sites for hydroxylation is 2. The molecule has 1 N–H and O–H groups in total. The van der Waals surface area contributed by atoms with E-state index in [4.69, 9.17) is 14.5 Å². The van der Waals surface area contributed by atoms with Crippen molar-refractivity contribution in [2.24, 2.45) is 0 Å². The third-order valence-corrected chi connectivity index (χ3v) is 8.32. The fourth-order valence-electron chi connectivity index (χ4n) is 6.29. The van der Waals surface area contributed by atoms with E-state index in [0.29, 0.717) is 51.4 Å². The second-order valence-electron chi connectivity index (χ2n) is 11.9. The zero-order valence-electron chi connectivity index (χ0n) is 26.4. The monoisotopic (exact) mass is 624 g/mol. The Labute approximate surface area is 266 Å². The van der Waals surface area contributed by atoms with Gasteiger partial charge in [-0.05, 0) is 74.2 Å². The van der Waals surface area contributed by atoms with Crippen molar-refractivity contribution in [3.05, 3.63) is 116 Å². The van der Waals surface area contributed by atoms with E-state index < -0.39 is 11.6 Å². The Morgan fingerprint density at radius 1 is 1.00 bits per heavy atom. The highest BCUT2D eigenvalue weighted by molar-refractivity contribution is 5.80. The number of nitrogens with zero attached hydrogens (tertiary/aromatic N) is 3. The predicted molar refractivity (Wildman–Crippen MR) is 173 cm³/mol. The van der Waals surface area contributed by atoms with Gasteiger partial charge in [0.05, 0.1) is 23.6 Å². The normalized spacial score (nSPS) is 18.1. The van der Waals surface area contributed by atoms with Gasteiger partial charge in [-0.1, -0.05) is 54.9 Å². The van der Waals surface area contributed by atoms with Gasteiger partial charge < -0.3 is 9.47 Å². The average Bonchev–Trinajstić information content (AvgIpc) is 3.46. The Bertz CT molecular complexity index is 1950. The smallest absolute Gasteiger partial charge is 0.439 e. The van der Waals surface area contributed by atoms with Crippen LogP contribution in [-0.2, 0) is 17.6 Å². The minimum Gasteiger partial charge on any atom is -0.490 e. The van der Waals surface area contributed by atoms with E-state index in [1.54, 1.807) is 28.8 Å². The van der Waals surface area contributed by atoms with Crippen LogP contribution in [0.5, 0.6) is 5.75 Å². The van der Waals surface area contributed by atoms with Crippen molar-refractivity contribution in [1.29, 1.82) is 0 Å². The van der Waals surface area contributed by atoms with Crippen LogP contribution in [0.15, 0.2) is 80.8 Å². The fraction of sp³-hybridized carbons (Fsp3) is 0.333. The highest BCUT2D eigenvalue weighted by Gasteiger charge is 2.26. The van der Waals surface area contributed by atoms with E-state index in [-0.39, 0.29) is 36.1 Å². The molecule has 0 radical (unpaired) electrons. The van der Waals surface area contributed by atoms with Crippen molar-refractivity contribution >= 4 is 0 Å². The second kappa shape index (κ2) is 13.3. The van der Waals surface area contributed by atoms with Crippen molar-refractivity contribution in [3.63, 3.8) is 0 Å². The summed E-state index contributed by atoms with van der Waals surface area (Å²) in [5.41, 5.74) is 3.84. The van der Waals surface area contributed by atoms with Crippen LogP contribution in [0, 0.1) is 12.7 Å². The van der Waals surface area contributed by atoms with Gasteiger partial charge in [-0.2, -0.15) is 0 Å². The molecule has 0 saturated carbocycles. The third-order valence-electron chi connectivity index (χ3n) is 8.32. The molecule has 6 rings (SSSR count). The summed E-state index contributed by atoms with van der Waals surface area (Å²) in [5, 5.41) is 3.79. The van der Waals surface area contributed by atoms with Crippen LogP contribution < -0.4 is 16.1 Å². The third kappa shape index (κ3) is 6.57. The predicted octanol–water partition coefficient (Wildman–Crippen LogP) is 6.57. The molecular weight excluding hydrogens is 587 g/mol. The van der Waals surface area contributed by atoms with Crippen LogP contribution in [-0.4, -0.2) is 38.0 Å². The SMILES string of the molecule is CCCc1nc(C)n(-c2ccc(OC3C[C@@H](C)O[C@@H](C)C3)cc2)c(=O)c1Cc1ccc(-c2ccccc2-c2noc(=O)[nH]2)cc1F. The van der Waals surface area contributed by atoms with Gasteiger partial charge in [0.25, 0.3) is 5.56 Å². The van der Waals surface area contributed by atoms with Crippen molar-refractivity contribution in [1.82, 2.24) is 19.7 Å². The summed E-state index contributed by atoms with van der Waals surface area (Å²) >= 11 is 0. The molecule has 0 bridgehead atoms. The Morgan fingerprint density at radius 2 is 1.72 bits per heavy atom. The maximum absolute atomic E-state index is 15.8. The molecule has 0 aliphatic carbocycles. The van der Waals surface area contributed by atoms with Crippen LogP contribution in [0.4, 0.5) is 4.39 Å². The number of rotatable bonds is 9. The number of hydrogen-bond donors (Lipinski definition) is 1. The number of aromatic amines is 1. The first-order valence-electron chi connectivity index (χ1n) is 15.7. The Morgan fingerprint density at radius 3 is 2.37 bits per heavy atom. The molecule has 3 atom stereocenters. The first kappa shape index (κ1) is 31.2. The van der Waals surface area contributed by atoms with Gasteiger partial charge in [-0.15, -0.1) is 0 Å². The first-order chi connectivity index (χ1) is 22.2. The quantitative estimate of drug-likeness (QED) is 0.197. The summed E-state index contributed by atoms with van der Waals surface area (Å²) in [6.45, 7) is 7.95. The van der Waals surface area contributed by atoms with E-state index in [2.05, 4.69) is 28.5 Å². The highest BCUT2D eigenvalue weighted by atomic mass is 19.1. The lowest BCUT2D eigenvalue weighted by molar-refractivity contribution is -0.0721. The zero-order chi connectivity index (χ0) is 32.4. The molecule has 1 unspecified atom stereocenters. The summed E-state index contributed by atoms with van der Waals surface area (Å²) < 4.78 is 34.1. The lowest BCUT2D eigenvalue weighted by atomic mass is 9.95. The number of H-pyrrole nitrogens is 1. The molecule has 2 aromatic heterocycles. The molecule has 1 aliphatic rings. The molecule has 3 aromatic carbocycles. The van der Waals surface area contributed by atoms with Crippen molar-refractivity contribution in [2.45, 2.75) is 78.1 Å². The minimum atomic E-state index is -0.671. The molecule has 238 valence electrons. The van der Waals surface area contributed by atoms with E-state index >= 15 is 4.39 Å². The van der Waals surface area contributed by atoms with Gasteiger partial charge in [0.15, 0.2) is 5.82 Å². The van der Waals surface area contributed by atoms with Gasteiger partial charge in [0.1, 0.15) is 23.5 Å². The molecule has 0 amide bonds. The first-order valence-corrected chi connectivity index (χ1v) is 15.7. The number of aromatic nitrogens is 4. The second-order valence-corrected chi connectivity index (χ2v) is 11.9. The Kier molecular flexibility index (Phi) is 8.99. The Hall–Kier alpha value is -4.83. The molecule has 9 nitrogen and oxygen atoms in total. The summed E-state index contributed by atoms with van der Waals surface area (Å²) in [5.74, 6) is 0.433. The molecule has 10 heteroatoms. The number of hydrogen-bond acceptors (Lipinski definition) is 7. The van der Waals surface area contributed by atoms with Gasteiger partial charge in [-0.3, -0.25) is 18.9 Å². The van der Waals surface area contributed by atoms with Crippen LogP contribution in [0.2, 0.25) is 0 Å². The summed E-state index contributed by atoms with van der Waals surface area (Å²) in [4.78, 5) is 33.0. The van der Waals surface area contributed by atoms with Crippen molar-refractivity contribution in [3.8, 4) is 34.0 Å². The highest BCUT2D eigenvalue weighted by Crippen LogP contribution is 2.31. The van der Waals surface area contributed by atoms with Gasteiger partial charge in [0.2, 0.25) is 0 Å². The average molecular weight is 625 g/mol. The maximum Gasteiger partial charge on any atom is 0.439 e. The molecule has 1 saturated heterocycles. The van der Waals surface area contributed by atoms with E-state index in [0.717, 1.165) is 25.0 Å². The summed E-state index contributed by atoms with van der Waals surface area (Å²) in [6, 6.07) is 19.6. The maximum atomic E-state index is 15.8. The molecule has 1 fully saturated rings. The van der Waals surface area contributed by atoms with E-state index in [1.807, 2.05) is 50.2 Å². The molecule has 1 aliphatic heterocycles. The molecular formula is C36H37FN4O5. The van der Waals surface area contributed by atoms with Crippen LogP contribution in [0.1, 0.15) is 62.7 Å². The lowest BCUT2D eigenvalue weighted by Gasteiger charge is -2.32. The van der Waals surface area contributed by atoms with E-state index in [1.165, 1.54) is 6.07 Å². The molecule has 0 spiro atoms. The number of halogens is 1. The summed E-state index contributed by atoms with van der Waals surface area (Å²) in [7, 11) is 0. The molecule has 5 aromatic rings.